The Hall–Kier alpha value is -0.763. The van der Waals surface area contributed by atoms with Crippen LogP contribution in [0.15, 0.2) is 35.0 Å². The molecule has 0 atom stereocenters. The van der Waals surface area contributed by atoms with Crippen molar-refractivity contribution in [2.45, 2.75) is 13.1 Å². The van der Waals surface area contributed by atoms with Crippen molar-refractivity contribution in [3.05, 3.63) is 30.3 Å². The SMILES string of the molecule is C[Si](C)=Nc1ccccc1. The van der Waals surface area contributed by atoms with Gasteiger partial charge in [-0.15, -0.1) is 0 Å². The molecule has 0 N–H and O–H groups in total. The fourth-order valence-electron chi connectivity index (χ4n) is 0.761. The van der Waals surface area contributed by atoms with Gasteiger partial charge in [0.1, 0.15) is 8.59 Å². The number of nitrogens with zero attached hydrogens (tertiary/aromatic N) is 1. The van der Waals surface area contributed by atoms with Gasteiger partial charge in [0.15, 0.2) is 0 Å². The van der Waals surface area contributed by atoms with Gasteiger partial charge in [0.2, 0.25) is 0 Å². The van der Waals surface area contributed by atoms with Gasteiger partial charge < -0.3 is 4.63 Å². The third-order valence-corrected chi connectivity index (χ3v) is 1.81. The molecule has 0 aliphatic heterocycles. The molecule has 0 spiro atoms. The molecule has 0 unspecified atom stereocenters. The second-order valence-corrected chi connectivity index (χ2v) is 4.51. The molecule has 1 rings (SSSR count). The molecule has 0 aliphatic carbocycles. The lowest BCUT2D eigenvalue weighted by molar-refractivity contribution is 1.53. The fourth-order valence-corrected chi connectivity index (χ4v) is 1.43. The Morgan fingerprint density at radius 2 is 1.70 bits per heavy atom. The van der Waals surface area contributed by atoms with Crippen LogP contribution < -0.4 is 0 Å². The minimum atomic E-state index is -0.462. The zero-order valence-electron chi connectivity index (χ0n) is 6.33. The maximum atomic E-state index is 4.46. The lowest BCUT2D eigenvalue weighted by Crippen LogP contribution is -1.79. The van der Waals surface area contributed by atoms with Crippen LogP contribution >= 0.6 is 0 Å². The third kappa shape index (κ3) is 2.23. The van der Waals surface area contributed by atoms with Crippen LogP contribution in [0.4, 0.5) is 5.69 Å². The van der Waals surface area contributed by atoms with E-state index in [0.717, 1.165) is 5.69 Å². The van der Waals surface area contributed by atoms with Gasteiger partial charge in [-0.3, -0.25) is 0 Å². The molecule has 0 bridgehead atoms. The molecule has 1 aromatic carbocycles. The maximum absolute atomic E-state index is 4.46. The van der Waals surface area contributed by atoms with E-state index in [1.54, 1.807) is 0 Å². The smallest absolute Gasteiger partial charge is 0.123 e. The molecule has 0 aromatic heterocycles. The van der Waals surface area contributed by atoms with E-state index in [9.17, 15) is 0 Å². The molecule has 0 radical (unpaired) electrons. The normalized spacial score (nSPS) is 9.00. The largest absolute Gasteiger partial charge is 0.303 e. The van der Waals surface area contributed by atoms with E-state index in [0.29, 0.717) is 0 Å². The molecule has 0 saturated heterocycles. The summed E-state index contributed by atoms with van der Waals surface area (Å²) in [7, 11) is -0.462. The summed E-state index contributed by atoms with van der Waals surface area (Å²) in [6, 6.07) is 10.1. The van der Waals surface area contributed by atoms with E-state index < -0.39 is 8.59 Å². The summed E-state index contributed by atoms with van der Waals surface area (Å²) in [5.41, 5.74) is 1.11. The summed E-state index contributed by atoms with van der Waals surface area (Å²) >= 11 is 0. The Kier molecular flexibility index (Phi) is 2.51. The van der Waals surface area contributed by atoms with Crippen LogP contribution in [0.3, 0.4) is 0 Å². The zero-order chi connectivity index (χ0) is 7.40. The van der Waals surface area contributed by atoms with Gasteiger partial charge in [0, 0.05) is 0 Å². The number of hydrogen-bond acceptors (Lipinski definition) is 1. The predicted octanol–water partition coefficient (Wildman–Crippen LogP) is 2.84. The average molecular weight is 149 g/mol. The highest BCUT2D eigenvalue weighted by molar-refractivity contribution is 6.43. The number of hydrogen-bond donors (Lipinski definition) is 0. The van der Waals surface area contributed by atoms with E-state index in [1.807, 2.05) is 30.3 Å². The summed E-state index contributed by atoms with van der Waals surface area (Å²) < 4.78 is 4.46. The van der Waals surface area contributed by atoms with Gasteiger partial charge in [-0.2, -0.15) is 0 Å². The average Bonchev–Trinajstić information content (AvgIpc) is 1.88. The maximum Gasteiger partial charge on any atom is 0.123 e. The first kappa shape index (κ1) is 7.35. The Morgan fingerprint density at radius 3 is 2.20 bits per heavy atom. The molecule has 0 saturated carbocycles. The molecular formula is C8H11NSi. The third-order valence-electron chi connectivity index (χ3n) is 1.11. The molecule has 0 fully saturated rings. The highest BCUT2D eigenvalue weighted by Crippen LogP contribution is 2.08. The lowest BCUT2D eigenvalue weighted by Gasteiger charge is -1.91. The second-order valence-electron chi connectivity index (χ2n) is 2.39. The standard InChI is InChI=1S/C8H11NSi/c1-10(2)9-8-6-4-3-5-7-8/h3-7H,1-2H3. The van der Waals surface area contributed by atoms with E-state index in [1.165, 1.54) is 0 Å². The highest BCUT2D eigenvalue weighted by atomic mass is 28.2. The molecule has 0 amide bonds. The van der Waals surface area contributed by atoms with Crippen LogP contribution in [0.2, 0.25) is 13.1 Å². The van der Waals surface area contributed by atoms with Crippen LogP contribution in [-0.4, -0.2) is 8.59 Å². The van der Waals surface area contributed by atoms with Crippen molar-refractivity contribution in [1.29, 1.82) is 0 Å². The van der Waals surface area contributed by atoms with Crippen molar-refractivity contribution in [1.82, 2.24) is 0 Å². The molecule has 0 aliphatic rings. The van der Waals surface area contributed by atoms with Crippen LogP contribution in [-0.2, 0) is 0 Å². The molecule has 2 heteroatoms. The van der Waals surface area contributed by atoms with Crippen molar-refractivity contribution in [3.8, 4) is 0 Å². The fraction of sp³-hybridized carbons (Fsp3) is 0.250. The summed E-state index contributed by atoms with van der Waals surface area (Å²) in [4.78, 5) is 0. The quantitative estimate of drug-likeness (QED) is 0.544. The molecule has 0 heterocycles. The van der Waals surface area contributed by atoms with Crippen LogP contribution in [0, 0.1) is 0 Å². The lowest BCUT2D eigenvalue weighted by atomic mass is 10.3. The second kappa shape index (κ2) is 3.42. The molecule has 52 valence electrons. The van der Waals surface area contributed by atoms with Crippen molar-refractivity contribution >= 4 is 14.3 Å². The van der Waals surface area contributed by atoms with Gasteiger partial charge in [0.05, 0.1) is 5.69 Å². The summed E-state index contributed by atoms with van der Waals surface area (Å²) in [6.07, 6.45) is 0. The van der Waals surface area contributed by atoms with Crippen molar-refractivity contribution in [2.75, 3.05) is 0 Å². The van der Waals surface area contributed by atoms with E-state index >= 15 is 0 Å². The van der Waals surface area contributed by atoms with Crippen molar-refractivity contribution < 1.29 is 0 Å². The van der Waals surface area contributed by atoms with Crippen molar-refractivity contribution in [3.63, 3.8) is 0 Å². The molecule has 1 nitrogen and oxygen atoms in total. The first-order valence-electron chi connectivity index (χ1n) is 3.36. The van der Waals surface area contributed by atoms with Crippen LogP contribution in [0.25, 0.3) is 0 Å². The molecule has 10 heavy (non-hydrogen) atoms. The van der Waals surface area contributed by atoms with E-state index in [4.69, 9.17) is 0 Å². The zero-order valence-corrected chi connectivity index (χ0v) is 7.33. The summed E-state index contributed by atoms with van der Waals surface area (Å²) in [5, 5.41) is 0. The molecular weight excluding hydrogens is 138 g/mol. The van der Waals surface area contributed by atoms with Gasteiger partial charge in [0.25, 0.3) is 0 Å². The molecule has 1 aromatic rings. The van der Waals surface area contributed by atoms with Gasteiger partial charge in [-0.05, 0) is 25.2 Å². The first-order valence-corrected chi connectivity index (χ1v) is 5.81. The Labute approximate surface area is 63.1 Å². The van der Waals surface area contributed by atoms with Gasteiger partial charge in [-0.1, -0.05) is 18.2 Å². The summed E-state index contributed by atoms with van der Waals surface area (Å²) in [6.45, 7) is 4.36. The van der Waals surface area contributed by atoms with Crippen LogP contribution in [0.1, 0.15) is 0 Å². The van der Waals surface area contributed by atoms with Crippen molar-refractivity contribution in [2.24, 2.45) is 4.63 Å². The highest BCUT2D eigenvalue weighted by Gasteiger charge is 1.83. The Morgan fingerprint density at radius 1 is 1.10 bits per heavy atom. The topological polar surface area (TPSA) is 12.4 Å². The summed E-state index contributed by atoms with van der Waals surface area (Å²) in [5.74, 6) is 0. The number of rotatable bonds is 1. The minimum Gasteiger partial charge on any atom is -0.303 e. The van der Waals surface area contributed by atoms with Crippen LogP contribution in [0.5, 0.6) is 0 Å². The Bertz CT molecular complexity index is 224. The van der Waals surface area contributed by atoms with E-state index in [-0.39, 0.29) is 0 Å². The minimum absolute atomic E-state index is 0.462. The van der Waals surface area contributed by atoms with E-state index in [2.05, 4.69) is 17.7 Å². The predicted molar refractivity (Wildman–Crippen MR) is 46.0 cm³/mol. The van der Waals surface area contributed by atoms with Gasteiger partial charge >= 0.3 is 0 Å². The Balaban J connectivity index is 2.87. The van der Waals surface area contributed by atoms with Gasteiger partial charge in [-0.25, -0.2) is 0 Å². The monoisotopic (exact) mass is 149 g/mol. The number of benzene rings is 1. The first-order chi connectivity index (χ1) is 4.79.